The number of carbonyl (C=O) groups excluding carboxylic acids is 1. The summed E-state index contributed by atoms with van der Waals surface area (Å²) in [6, 6.07) is 6.14. The zero-order valence-electron chi connectivity index (χ0n) is 15.9. The summed E-state index contributed by atoms with van der Waals surface area (Å²) in [6.45, 7) is 2.62. The highest BCUT2D eigenvalue weighted by Crippen LogP contribution is 2.34. The lowest BCUT2D eigenvalue weighted by molar-refractivity contribution is 0.102. The van der Waals surface area contributed by atoms with Crippen molar-refractivity contribution in [2.24, 2.45) is 0 Å². The molecule has 0 aliphatic carbocycles. The molecule has 1 saturated heterocycles. The van der Waals surface area contributed by atoms with Crippen LogP contribution < -0.4 is 10.2 Å². The Bertz CT molecular complexity index is 1080. The fourth-order valence-electron chi connectivity index (χ4n) is 3.61. The Kier molecular flexibility index (Phi) is 5.42. The topological polar surface area (TPSA) is 58.4 Å². The van der Waals surface area contributed by atoms with Crippen molar-refractivity contribution in [2.75, 3.05) is 23.3 Å². The molecule has 1 aromatic heterocycles. The van der Waals surface area contributed by atoms with Gasteiger partial charge in [0.05, 0.1) is 10.6 Å². The molecular formula is C21H17ClF3N3O2. The van der Waals surface area contributed by atoms with Crippen molar-refractivity contribution in [2.45, 2.75) is 19.8 Å². The van der Waals surface area contributed by atoms with E-state index in [-0.39, 0.29) is 39.0 Å². The Labute approximate surface area is 175 Å². The van der Waals surface area contributed by atoms with Crippen molar-refractivity contribution >= 4 is 28.9 Å². The summed E-state index contributed by atoms with van der Waals surface area (Å²) in [7, 11) is 0. The summed E-state index contributed by atoms with van der Waals surface area (Å²) in [4.78, 5) is 14.5. The number of nitrogens with one attached hydrogen (secondary N) is 1. The number of nitrogens with zero attached hydrogens (tertiary/aromatic N) is 2. The molecule has 4 rings (SSSR count). The number of carbonyl (C=O) groups is 1. The van der Waals surface area contributed by atoms with Gasteiger partial charge >= 0.3 is 0 Å². The molecule has 2 aromatic carbocycles. The van der Waals surface area contributed by atoms with Crippen LogP contribution >= 0.6 is 11.6 Å². The number of benzene rings is 2. The third-order valence-electron chi connectivity index (χ3n) is 4.99. The highest BCUT2D eigenvalue weighted by Gasteiger charge is 2.27. The Morgan fingerprint density at radius 2 is 1.80 bits per heavy atom. The highest BCUT2D eigenvalue weighted by atomic mass is 35.5. The minimum atomic E-state index is -0.772. The zero-order valence-corrected chi connectivity index (χ0v) is 16.7. The predicted octanol–water partition coefficient (Wildman–Crippen LogP) is 5.57. The van der Waals surface area contributed by atoms with Crippen LogP contribution in [0.15, 0.2) is 34.9 Å². The van der Waals surface area contributed by atoms with Crippen LogP contribution in [0.1, 0.15) is 29.0 Å². The maximum absolute atomic E-state index is 14.6. The van der Waals surface area contributed by atoms with E-state index in [4.69, 9.17) is 16.1 Å². The van der Waals surface area contributed by atoms with E-state index < -0.39 is 23.4 Å². The number of aromatic nitrogens is 1. The van der Waals surface area contributed by atoms with E-state index in [1.807, 2.05) is 0 Å². The summed E-state index contributed by atoms with van der Waals surface area (Å²) in [5, 5.41) is 6.23. The molecule has 1 aliphatic rings. The Balaban J connectivity index is 1.67. The summed E-state index contributed by atoms with van der Waals surface area (Å²) < 4.78 is 48.5. The summed E-state index contributed by atoms with van der Waals surface area (Å²) in [6.07, 6.45) is 1.73. The molecule has 2 heterocycles. The molecule has 0 spiro atoms. The van der Waals surface area contributed by atoms with Gasteiger partial charge in [-0.1, -0.05) is 22.8 Å². The van der Waals surface area contributed by atoms with Crippen LogP contribution in [0.2, 0.25) is 5.02 Å². The lowest BCUT2D eigenvalue weighted by Gasteiger charge is -2.19. The van der Waals surface area contributed by atoms with Crippen LogP contribution in [0, 0.1) is 24.4 Å². The fourth-order valence-corrected chi connectivity index (χ4v) is 3.86. The van der Waals surface area contributed by atoms with Crippen LogP contribution in [0.4, 0.5) is 24.5 Å². The number of hydrogen-bond acceptors (Lipinski definition) is 4. The molecule has 1 amide bonds. The van der Waals surface area contributed by atoms with Crippen molar-refractivity contribution in [1.29, 1.82) is 0 Å². The first-order chi connectivity index (χ1) is 14.4. The quantitative estimate of drug-likeness (QED) is 0.581. The van der Waals surface area contributed by atoms with E-state index in [9.17, 15) is 18.0 Å². The van der Waals surface area contributed by atoms with Crippen molar-refractivity contribution < 1.29 is 22.5 Å². The van der Waals surface area contributed by atoms with Gasteiger partial charge in [0.25, 0.3) is 5.91 Å². The van der Waals surface area contributed by atoms with Crippen molar-refractivity contribution in [3.8, 4) is 11.3 Å². The predicted molar refractivity (Wildman–Crippen MR) is 107 cm³/mol. The fraction of sp³-hybridized carbons (Fsp3) is 0.238. The van der Waals surface area contributed by atoms with Gasteiger partial charge in [0.2, 0.25) is 0 Å². The number of rotatable bonds is 4. The van der Waals surface area contributed by atoms with Gasteiger partial charge in [-0.15, -0.1) is 0 Å². The van der Waals surface area contributed by atoms with Gasteiger partial charge in [-0.3, -0.25) is 4.79 Å². The molecule has 0 atom stereocenters. The number of anilines is 2. The number of amides is 1. The van der Waals surface area contributed by atoms with Crippen molar-refractivity contribution in [1.82, 2.24) is 5.16 Å². The molecule has 0 saturated carbocycles. The first-order valence-electron chi connectivity index (χ1n) is 9.33. The average molecular weight is 436 g/mol. The molecule has 3 aromatic rings. The third-order valence-corrected chi connectivity index (χ3v) is 5.30. The first kappa shape index (κ1) is 20.3. The van der Waals surface area contributed by atoms with E-state index >= 15 is 0 Å². The van der Waals surface area contributed by atoms with E-state index in [2.05, 4.69) is 10.5 Å². The van der Waals surface area contributed by atoms with Crippen molar-refractivity contribution in [3.05, 3.63) is 64.1 Å². The normalized spacial score (nSPS) is 13.7. The van der Waals surface area contributed by atoms with Gasteiger partial charge in [0.15, 0.2) is 11.6 Å². The van der Waals surface area contributed by atoms with E-state index in [1.54, 1.807) is 4.90 Å². The van der Waals surface area contributed by atoms with Crippen LogP contribution in [0.3, 0.4) is 0 Å². The number of hydrogen-bond donors (Lipinski definition) is 1. The molecule has 156 valence electrons. The molecule has 1 aliphatic heterocycles. The molecule has 0 radical (unpaired) electrons. The van der Waals surface area contributed by atoms with E-state index in [0.29, 0.717) is 13.1 Å². The monoisotopic (exact) mass is 435 g/mol. The highest BCUT2D eigenvalue weighted by molar-refractivity contribution is 6.33. The Hall–Kier alpha value is -3.00. The summed E-state index contributed by atoms with van der Waals surface area (Å²) in [5.41, 5.74) is -0.452. The third kappa shape index (κ3) is 3.63. The standard InChI is InChI=1S/C21H17ClF3N3O2/c1-11-17(19(27-30-11)18-13(22)5-4-6-14(18)23)21(29)26-12-9-15(24)20(16(25)10-12)28-7-2-3-8-28/h4-6,9-10H,2-3,7-8H2,1H3,(H,26,29). The van der Waals surface area contributed by atoms with E-state index in [0.717, 1.165) is 25.0 Å². The molecular weight excluding hydrogens is 419 g/mol. The smallest absolute Gasteiger partial charge is 0.261 e. The average Bonchev–Trinajstić information content (AvgIpc) is 3.31. The second kappa shape index (κ2) is 8.02. The van der Waals surface area contributed by atoms with Crippen LogP contribution in [0.5, 0.6) is 0 Å². The van der Waals surface area contributed by atoms with Crippen molar-refractivity contribution in [3.63, 3.8) is 0 Å². The van der Waals surface area contributed by atoms with Gasteiger partial charge in [0.1, 0.15) is 28.5 Å². The molecule has 1 N–H and O–H groups in total. The Morgan fingerprint density at radius 3 is 2.43 bits per heavy atom. The van der Waals surface area contributed by atoms with Crippen LogP contribution in [-0.2, 0) is 0 Å². The minimum absolute atomic E-state index is 0.0457. The summed E-state index contributed by atoms with van der Waals surface area (Å²) in [5.74, 6) is -2.87. The number of aryl methyl sites for hydroxylation is 1. The number of halogens is 4. The molecule has 30 heavy (non-hydrogen) atoms. The van der Waals surface area contributed by atoms with Crippen LogP contribution in [-0.4, -0.2) is 24.2 Å². The SMILES string of the molecule is Cc1onc(-c2c(F)cccc2Cl)c1C(=O)Nc1cc(F)c(N2CCCC2)c(F)c1. The second-order valence-corrected chi connectivity index (χ2v) is 7.40. The maximum Gasteiger partial charge on any atom is 0.261 e. The Morgan fingerprint density at radius 1 is 1.13 bits per heavy atom. The maximum atomic E-state index is 14.6. The molecule has 9 heteroatoms. The van der Waals surface area contributed by atoms with Gasteiger partial charge in [-0.25, -0.2) is 13.2 Å². The van der Waals surface area contributed by atoms with Gasteiger partial charge in [-0.2, -0.15) is 0 Å². The van der Waals surface area contributed by atoms with Crippen LogP contribution in [0.25, 0.3) is 11.3 Å². The largest absolute Gasteiger partial charge is 0.367 e. The van der Waals surface area contributed by atoms with Gasteiger partial charge in [-0.05, 0) is 44.0 Å². The lowest BCUT2D eigenvalue weighted by atomic mass is 10.0. The second-order valence-electron chi connectivity index (χ2n) is 7.00. The molecule has 0 unspecified atom stereocenters. The molecule has 5 nitrogen and oxygen atoms in total. The minimum Gasteiger partial charge on any atom is -0.367 e. The summed E-state index contributed by atoms with van der Waals surface area (Å²) >= 11 is 6.07. The van der Waals surface area contributed by atoms with Gasteiger partial charge < -0.3 is 14.7 Å². The first-order valence-corrected chi connectivity index (χ1v) is 9.70. The lowest BCUT2D eigenvalue weighted by Crippen LogP contribution is -2.21. The van der Waals surface area contributed by atoms with Gasteiger partial charge in [0, 0.05) is 18.8 Å². The van der Waals surface area contributed by atoms with E-state index in [1.165, 1.54) is 25.1 Å². The molecule has 1 fully saturated rings. The molecule has 0 bridgehead atoms. The zero-order chi connectivity index (χ0) is 21.4.